The summed E-state index contributed by atoms with van der Waals surface area (Å²) in [6, 6.07) is 5.92. The van der Waals surface area contributed by atoms with Crippen LogP contribution in [0.3, 0.4) is 0 Å². The highest BCUT2D eigenvalue weighted by atomic mass is 16.6. The van der Waals surface area contributed by atoms with E-state index in [1.54, 1.807) is 18.2 Å². The van der Waals surface area contributed by atoms with Gasteiger partial charge in [0.1, 0.15) is 6.04 Å². The number of esters is 1. The lowest BCUT2D eigenvalue weighted by Gasteiger charge is -2.29. The first kappa shape index (κ1) is 16.1. The number of hydrogen-bond donors (Lipinski definition) is 1. The first-order valence-corrected chi connectivity index (χ1v) is 6.31. The van der Waals surface area contributed by atoms with Crippen LogP contribution in [0.15, 0.2) is 24.3 Å². The molecule has 1 N–H and O–H groups in total. The molecule has 1 aromatic rings. The van der Waals surface area contributed by atoms with Gasteiger partial charge in [-0.3, -0.25) is 20.2 Å². The van der Waals surface area contributed by atoms with Crippen molar-refractivity contribution in [1.29, 1.82) is 0 Å². The summed E-state index contributed by atoms with van der Waals surface area (Å²) in [4.78, 5) is 22.3. The average molecular weight is 280 g/mol. The van der Waals surface area contributed by atoms with Gasteiger partial charge in [-0.25, -0.2) is 0 Å². The molecule has 0 radical (unpaired) electrons. The summed E-state index contributed by atoms with van der Waals surface area (Å²) in [5.41, 5.74) is 0.226. The molecule has 0 fully saturated rings. The third-order valence-corrected chi connectivity index (χ3v) is 2.99. The highest BCUT2D eigenvalue weighted by molar-refractivity contribution is 5.76. The molecule has 1 rings (SSSR count). The molecule has 0 saturated heterocycles. The van der Waals surface area contributed by atoms with Crippen LogP contribution in [0.1, 0.15) is 26.3 Å². The van der Waals surface area contributed by atoms with Crippen LogP contribution < -0.4 is 5.32 Å². The van der Waals surface area contributed by atoms with Crippen LogP contribution in [-0.4, -0.2) is 24.0 Å². The van der Waals surface area contributed by atoms with E-state index in [4.69, 9.17) is 4.74 Å². The van der Waals surface area contributed by atoms with Crippen LogP contribution in [-0.2, 0) is 16.1 Å². The fourth-order valence-corrected chi connectivity index (χ4v) is 1.91. The van der Waals surface area contributed by atoms with Crippen molar-refractivity contribution in [3.8, 4) is 0 Å². The molecule has 0 spiro atoms. The molecule has 0 unspecified atom stereocenters. The number of nitrogens with one attached hydrogen (secondary N) is 1. The van der Waals surface area contributed by atoms with E-state index in [0.29, 0.717) is 5.56 Å². The molecular formula is C14H20N2O4. The molecule has 0 heterocycles. The first-order chi connectivity index (χ1) is 9.27. The van der Waals surface area contributed by atoms with Crippen molar-refractivity contribution in [2.45, 2.75) is 33.4 Å². The quantitative estimate of drug-likeness (QED) is 0.508. The number of para-hydroxylation sites is 1. The second kappa shape index (κ2) is 6.47. The third-order valence-electron chi connectivity index (χ3n) is 2.99. The molecule has 0 aliphatic rings. The van der Waals surface area contributed by atoms with Crippen molar-refractivity contribution in [3.05, 3.63) is 39.9 Å². The zero-order chi connectivity index (χ0) is 15.3. The van der Waals surface area contributed by atoms with E-state index in [-0.39, 0.29) is 23.6 Å². The number of benzene rings is 1. The molecular weight excluding hydrogens is 260 g/mol. The van der Waals surface area contributed by atoms with Gasteiger partial charge >= 0.3 is 5.97 Å². The van der Waals surface area contributed by atoms with Crippen LogP contribution in [0.4, 0.5) is 5.69 Å². The van der Waals surface area contributed by atoms with Crippen molar-refractivity contribution in [1.82, 2.24) is 5.32 Å². The minimum Gasteiger partial charge on any atom is -0.468 e. The lowest BCUT2D eigenvalue weighted by Crippen LogP contribution is -2.46. The summed E-state index contributed by atoms with van der Waals surface area (Å²) < 4.78 is 4.77. The fraction of sp³-hybridized carbons (Fsp3) is 0.500. The number of nitro benzene ring substituents is 1. The van der Waals surface area contributed by atoms with Crippen LogP contribution >= 0.6 is 0 Å². The molecule has 0 amide bonds. The normalized spacial score (nSPS) is 12.8. The topological polar surface area (TPSA) is 81.5 Å². The molecule has 20 heavy (non-hydrogen) atoms. The predicted molar refractivity (Wildman–Crippen MR) is 75.2 cm³/mol. The summed E-state index contributed by atoms with van der Waals surface area (Å²) in [6.45, 7) is 5.94. The zero-order valence-electron chi connectivity index (χ0n) is 12.2. The molecule has 6 nitrogen and oxygen atoms in total. The smallest absolute Gasteiger partial charge is 0.323 e. The SMILES string of the molecule is COC(=O)[C@H](NCc1ccccc1[N+](=O)[O-])C(C)(C)C. The molecule has 0 aliphatic heterocycles. The Morgan fingerprint density at radius 3 is 2.50 bits per heavy atom. The van der Waals surface area contributed by atoms with Crippen LogP contribution in [0.2, 0.25) is 0 Å². The Kier molecular flexibility index (Phi) is 5.21. The number of nitrogens with zero attached hydrogens (tertiary/aromatic N) is 1. The molecule has 1 aromatic carbocycles. The Bertz CT molecular complexity index is 494. The second-order valence-electron chi connectivity index (χ2n) is 5.59. The number of carbonyl (C=O) groups excluding carboxylic acids is 1. The summed E-state index contributed by atoms with van der Waals surface area (Å²) in [6.07, 6.45) is 0. The number of rotatable bonds is 5. The summed E-state index contributed by atoms with van der Waals surface area (Å²) >= 11 is 0. The van der Waals surface area contributed by atoms with Gasteiger partial charge in [0, 0.05) is 18.2 Å². The largest absolute Gasteiger partial charge is 0.468 e. The van der Waals surface area contributed by atoms with E-state index in [2.05, 4.69) is 5.32 Å². The number of ether oxygens (including phenoxy) is 1. The molecule has 0 aromatic heterocycles. The second-order valence-corrected chi connectivity index (χ2v) is 5.59. The molecule has 6 heteroatoms. The highest BCUT2D eigenvalue weighted by Gasteiger charge is 2.32. The van der Waals surface area contributed by atoms with Crippen molar-refractivity contribution >= 4 is 11.7 Å². The van der Waals surface area contributed by atoms with E-state index < -0.39 is 11.0 Å². The highest BCUT2D eigenvalue weighted by Crippen LogP contribution is 2.22. The van der Waals surface area contributed by atoms with Gasteiger partial charge in [-0.1, -0.05) is 39.0 Å². The van der Waals surface area contributed by atoms with E-state index in [1.807, 2.05) is 20.8 Å². The number of carbonyl (C=O) groups is 1. The lowest BCUT2D eigenvalue weighted by molar-refractivity contribution is -0.385. The number of hydrogen-bond acceptors (Lipinski definition) is 5. The molecule has 0 saturated carbocycles. The summed E-state index contributed by atoms with van der Waals surface area (Å²) in [7, 11) is 1.33. The lowest BCUT2D eigenvalue weighted by atomic mass is 9.86. The maximum Gasteiger partial charge on any atom is 0.323 e. The first-order valence-electron chi connectivity index (χ1n) is 6.31. The summed E-state index contributed by atoms with van der Waals surface area (Å²) in [5.74, 6) is -0.379. The van der Waals surface area contributed by atoms with Gasteiger partial charge in [-0.2, -0.15) is 0 Å². The Balaban J connectivity index is 2.89. The van der Waals surface area contributed by atoms with Gasteiger partial charge in [0.05, 0.1) is 12.0 Å². The van der Waals surface area contributed by atoms with E-state index in [1.165, 1.54) is 13.2 Å². The molecule has 1 atom stereocenters. The van der Waals surface area contributed by atoms with Gasteiger partial charge in [-0.05, 0) is 5.41 Å². The minimum absolute atomic E-state index is 0.0394. The van der Waals surface area contributed by atoms with Gasteiger partial charge in [0.2, 0.25) is 0 Å². The summed E-state index contributed by atoms with van der Waals surface area (Å²) in [5, 5.41) is 14.0. The average Bonchev–Trinajstić information content (AvgIpc) is 2.37. The predicted octanol–water partition coefficient (Wildman–Crippen LogP) is 2.27. The van der Waals surface area contributed by atoms with Crippen molar-refractivity contribution < 1.29 is 14.5 Å². The van der Waals surface area contributed by atoms with E-state index in [0.717, 1.165) is 0 Å². The van der Waals surface area contributed by atoms with Crippen molar-refractivity contribution in [3.63, 3.8) is 0 Å². The van der Waals surface area contributed by atoms with Crippen molar-refractivity contribution in [2.24, 2.45) is 5.41 Å². The van der Waals surface area contributed by atoms with Crippen molar-refractivity contribution in [2.75, 3.05) is 7.11 Å². The van der Waals surface area contributed by atoms with E-state index in [9.17, 15) is 14.9 Å². The Hall–Kier alpha value is -1.95. The maximum absolute atomic E-state index is 11.8. The number of nitro groups is 1. The van der Waals surface area contributed by atoms with Crippen LogP contribution in [0.5, 0.6) is 0 Å². The van der Waals surface area contributed by atoms with Gasteiger partial charge in [0.25, 0.3) is 5.69 Å². The monoisotopic (exact) mass is 280 g/mol. The standard InChI is InChI=1S/C14H20N2O4/c1-14(2,3)12(13(17)20-4)15-9-10-7-5-6-8-11(10)16(18)19/h5-8,12,15H,9H2,1-4H3/t12-/m0/s1. The minimum atomic E-state index is -0.535. The third kappa shape index (κ3) is 4.03. The van der Waals surface area contributed by atoms with Crippen LogP contribution in [0.25, 0.3) is 0 Å². The molecule has 0 bridgehead atoms. The van der Waals surface area contributed by atoms with Gasteiger partial charge < -0.3 is 4.74 Å². The Morgan fingerprint density at radius 2 is 2.00 bits per heavy atom. The number of methoxy groups -OCH3 is 1. The maximum atomic E-state index is 11.8. The Labute approximate surface area is 118 Å². The van der Waals surface area contributed by atoms with E-state index >= 15 is 0 Å². The van der Waals surface area contributed by atoms with Gasteiger partial charge in [-0.15, -0.1) is 0 Å². The molecule has 0 aliphatic carbocycles. The fourth-order valence-electron chi connectivity index (χ4n) is 1.91. The Morgan fingerprint density at radius 1 is 1.40 bits per heavy atom. The van der Waals surface area contributed by atoms with Gasteiger partial charge in [0.15, 0.2) is 0 Å². The zero-order valence-corrected chi connectivity index (χ0v) is 12.2. The molecule has 110 valence electrons. The van der Waals surface area contributed by atoms with Crippen LogP contribution in [0, 0.1) is 15.5 Å².